The smallest absolute Gasteiger partial charge is 0.150 e. The molecule has 0 aliphatic rings. The molecule has 0 aromatic heterocycles. The molecule has 0 aliphatic heterocycles. The maximum Gasteiger partial charge on any atom is 0.150 e. The average molecular weight is 229 g/mol. The summed E-state index contributed by atoms with van der Waals surface area (Å²) in [5, 5.41) is 6.79. The highest BCUT2D eigenvalue weighted by Crippen LogP contribution is 2.35. The van der Waals surface area contributed by atoms with Crippen molar-refractivity contribution in [3.63, 3.8) is 0 Å². The van der Waals surface area contributed by atoms with Gasteiger partial charge in [0.1, 0.15) is 0 Å². The largest absolute Gasteiger partial charge is 0.298 e. The lowest BCUT2D eigenvalue weighted by Crippen LogP contribution is -1.88. The van der Waals surface area contributed by atoms with Crippen molar-refractivity contribution in [3.8, 4) is 0 Å². The van der Waals surface area contributed by atoms with Gasteiger partial charge in [0.2, 0.25) is 0 Å². The van der Waals surface area contributed by atoms with Gasteiger partial charge in [0.25, 0.3) is 0 Å². The summed E-state index contributed by atoms with van der Waals surface area (Å²) in [7, 11) is 0. The van der Waals surface area contributed by atoms with Gasteiger partial charge in [-0.2, -0.15) is 0 Å². The van der Waals surface area contributed by atoms with Crippen molar-refractivity contribution in [1.29, 1.82) is 0 Å². The Balaban J connectivity index is 2.47. The Labute approximate surface area is 104 Å². The molecule has 0 N–H and O–H groups in total. The van der Waals surface area contributed by atoms with Crippen LogP contribution in [0.5, 0.6) is 0 Å². The Morgan fingerprint density at radius 1 is 0.944 bits per heavy atom. The Morgan fingerprint density at radius 3 is 2.78 bits per heavy atom. The molecule has 0 bridgehead atoms. The standard InChI is InChI=1S/C17H9O/c18-10-14-9-13-5-1-3-11-7-8-12-4-2-6-15(14)17(12)16(11)13/h1-2,4-10H. The highest BCUT2D eigenvalue weighted by Gasteiger charge is 2.10. The predicted molar refractivity (Wildman–Crippen MR) is 74.4 cm³/mol. The maximum atomic E-state index is 11.3. The second-order valence-corrected chi connectivity index (χ2v) is 4.54. The second-order valence-electron chi connectivity index (χ2n) is 4.54. The fraction of sp³-hybridized carbons (Fsp3) is 0. The van der Waals surface area contributed by atoms with Gasteiger partial charge in [-0.3, -0.25) is 4.79 Å². The van der Waals surface area contributed by atoms with Crippen molar-refractivity contribution in [2.75, 3.05) is 0 Å². The van der Waals surface area contributed by atoms with Crippen LogP contribution in [-0.2, 0) is 0 Å². The van der Waals surface area contributed by atoms with Gasteiger partial charge < -0.3 is 0 Å². The van der Waals surface area contributed by atoms with Crippen LogP contribution in [0, 0.1) is 6.07 Å². The molecule has 0 atom stereocenters. The van der Waals surface area contributed by atoms with Gasteiger partial charge in [-0.25, -0.2) is 0 Å². The molecule has 0 aliphatic carbocycles. The lowest BCUT2D eigenvalue weighted by molar-refractivity contribution is 0.112. The molecule has 4 aromatic carbocycles. The first-order valence-corrected chi connectivity index (χ1v) is 5.92. The first-order chi connectivity index (χ1) is 8.88. The third kappa shape index (κ3) is 1.08. The van der Waals surface area contributed by atoms with E-state index in [4.69, 9.17) is 0 Å². The average Bonchev–Trinajstić information content (AvgIpc) is 2.44. The van der Waals surface area contributed by atoms with Crippen LogP contribution < -0.4 is 0 Å². The van der Waals surface area contributed by atoms with Crippen LogP contribution in [0.25, 0.3) is 32.3 Å². The predicted octanol–water partition coefficient (Wildman–Crippen LogP) is 4.20. The number of hydrogen-bond donors (Lipinski definition) is 0. The molecule has 0 unspecified atom stereocenters. The zero-order valence-electron chi connectivity index (χ0n) is 9.60. The van der Waals surface area contributed by atoms with E-state index in [1.807, 2.05) is 30.3 Å². The fourth-order valence-electron chi connectivity index (χ4n) is 2.81. The van der Waals surface area contributed by atoms with Gasteiger partial charge in [-0.05, 0) is 44.5 Å². The molecule has 0 spiro atoms. The SMILES string of the molecule is O=Cc1cc2cc[c]c3ccc4cccc1c4c32. The second kappa shape index (κ2) is 3.30. The van der Waals surface area contributed by atoms with Gasteiger partial charge in [0.15, 0.2) is 6.29 Å². The molecule has 0 saturated heterocycles. The van der Waals surface area contributed by atoms with Gasteiger partial charge in [0.05, 0.1) is 0 Å². The van der Waals surface area contributed by atoms with E-state index in [9.17, 15) is 4.79 Å². The molecule has 4 rings (SSSR count). The number of carbonyl (C=O) groups is 1. The third-order valence-electron chi connectivity index (χ3n) is 3.58. The summed E-state index contributed by atoms with van der Waals surface area (Å²) in [6.45, 7) is 0. The zero-order valence-corrected chi connectivity index (χ0v) is 9.60. The van der Waals surface area contributed by atoms with Crippen molar-refractivity contribution in [2.45, 2.75) is 0 Å². The lowest BCUT2D eigenvalue weighted by Gasteiger charge is -2.11. The highest BCUT2D eigenvalue weighted by molar-refractivity contribution is 6.25. The summed E-state index contributed by atoms with van der Waals surface area (Å²) in [4.78, 5) is 11.3. The summed E-state index contributed by atoms with van der Waals surface area (Å²) >= 11 is 0. The number of benzene rings is 4. The first kappa shape index (κ1) is 9.60. The molecule has 83 valence electrons. The van der Waals surface area contributed by atoms with Gasteiger partial charge in [-0.1, -0.05) is 42.5 Å². The van der Waals surface area contributed by atoms with E-state index in [0.717, 1.165) is 28.0 Å². The van der Waals surface area contributed by atoms with E-state index in [0.29, 0.717) is 0 Å². The number of carbonyl (C=O) groups excluding carboxylic acids is 1. The van der Waals surface area contributed by atoms with Crippen molar-refractivity contribution < 1.29 is 4.79 Å². The molecule has 1 heteroatoms. The number of rotatable bonds is 1. The van der Waals surface area contributed by atoms with Crippen LogP contribution in [0.2, 0.25) is 0 Å². The van der Waals surface area contributed by atoms with E-state index in [1.54, 1.807) is 0 Å². The number of hydrogen-bond acceptors (Lipinski definition) is 1. The maximum absolute atomic E-state index is 11.3. The van der Waals surface area contributed by atoms with Crippen molar-refractivity contribution >= 4 is 38.6 Å². The molecule has 0 heterocycles. The van der Waals surface area contributed by atoms with E-state index < -0.39 is 0 Å². The van der Waals surface area contributed by atoms with Crippen LogP contribution >= 0.6 is 0 Å². The van der Waals surface area contributed by atoms with Crippen LogP contribution in [0.1, 0.15) is 10.4 Å². The molecule has 0 saturated carbocycles. The Morgan fingerprint density at radius 2 is 1.89 bits per heavy atom. The van der Waals surface area contributed by atoms with Crippen LogP contribution in [-0.4, -0.2) is 6.29 Å². The Bertz CT molecular complexity index is 890. The summed E-state index contributed by atoms with van der Waals surface area (Å²) in [6, 6.07) is 19.4. The first-order valence-electron chi connectivity index (χ1n) is 5.92. The minimum absolute atomic E-state index is 0.756. The quantitative estimate of drug-likeness (QED) is 0.353. The minimum Gasteiger partial charge on any atom is -0.298 e. The van der Waals surface area contributed by atoms with E-state index in [-0.39, 0.29) is 0 Å². The fourth-order valence-corrected chi connectivity index (χ4v) is 2.81. The molecule has 4 aromatic rings. The molecular formula is C17H9O. The lowest BCUT2D eigenvalue weighted by atomic mass is 9.92. The van der Waals surface area contributed by atoms with Gasteiger partial charge in [0, 0.05) is 5.56 Å². The molecule has 0 amide bonds. The monoisotopic (exact) mass is 229 g/mol. The van der Waals surface area contributed by atoms with E-state index in [1.165, 1.54) is 16.2 Å². The van der Waals surface area contributed by atoms with E-state index >= 15 is 0 Å². The van der Waals surface area contributed by atoms with E-state index in [2.05, 4.69) is 24.3 Å². The third-order valence-corrected chi connectivity index (χ3v) is 3.58. The van der Waals surface area contributed by atoms with Crippen molar-refractivity contribution in [3.05, 3.63) is 60.2 Å². The molecule has 1 nitrogen and oxygen atoms in total. The van der Waals surface area contributed by atoms with Crippen LogP contribution in [0.15, 0.2) is 48.5 Å². The molecule has 18 heavy (non-hydrogen) atoms. The molecule has 1 radical (unpaired) electrons. The van der Waals surface area contributed by atoms with Crippen LogP contribution in [0.3, 0.4) is 0 Å². The molecule has 0 fully saturated rings. The topological polar surface area (TPSA) is 17.1 Å². The molecular weight excluding hydrogens is 220 g/mol. The Hall–Kier alpha value is -2.41. The van der Waals surface area contributed by atoms with Crippen molar-refractivity contribution in [1.82, 2.24) is 0 Å². The summed E-state index contributed by atoms with van der Waals surface area (Å²) in [5.41, 5.74) is 0.756. The minimum atomic E-state index is 0.756. The van der Waals surface area contributed by atoms with Crippen LogP contribution in [0.4, 0.5) is 0 Å². The van der Waals surface area contributed by atoms with Crippen molar-refractivity contribution in [2.24, 2.45) is 0 Å². The highest BCUT2D eigenvalue weighted by atomic mass is 16.1. The Kier molecular flexibility index (Phi) is 1.76. The summed E-state index contributed by atoms with van der Waals surface area (Å²) in [6.07, 6.45) is 0.938. The normalized spacial score (nSPS) is 11.6. The van der Waals surface area contributed by atoms with Gasteiger partial charge in [-0.15, -0.1) is 0 Å². The summed E-state index contributed by atoms with van der Waals surface area (Å²) < 4.78 is 0. The summed E-state index contributed by atoms with van der Waals surface area (Å²) in [5.74, 6) is 0. The van der Waals surface area contributed by atoms with Gasteiger partial charge >= 0.3 is 0 Å². The zero-order chi connectivity index (χ0) is 12.1. The number of aldehydes is 1.